The van der Waals surface area contributed by atoms with Gasteiger partial charge in [-0.25, -0.2) is 15.0 Å². The summed E-state index contributed by atoms with van der Waals surface area (Å²) in [5, 5.41) is 3.11. The highest BCUT2D eigenvalue weighted by Gasteiger charge is 2.47. The molecule has 0 unspecified atom stereocenters. The number of aryl methyl sites for hydroxylation is 2. The normalized spacial score (nSPS) is 21.8. The summed E-state index contributed by atoms with van der Waals surface area (Å²) in [5.41, 5.74) is 0.741. The van der Waals surface area contributed by atoms with Gasteiger partial charge in [0, 0.05) is 31.0 Å². The molecule has 0 aromatic carbocycles. The Labute approximate surface area is 194 Å². The Morgan fingerprint density at radius 3 is 2.62 bits per heavy atom. The van der Waals surface area contributed by atoms with Gasteiger partial charge >= 0.3 is 6.18 Å². The van der Waals surface area contributed by atoms with Crippen molar-refractivity contribution >= 4 is 11.7 Å². The number of carbonyl (C=O) groups excluding carboxylic acids is 1. The van der Waals surface area contributed by atoms with Crippen molar-refractivity contribution in [1.29, 1.82) is 0 Å². The molecule has 1 amide bonds. The van der Waals surface area contributed by atoms with Crippen molar-refractivity contribution in [3.63, 3.8) is 0 Å². The van der Waals surface area contributed by atoms with Crippen molar-refractivity contribution in [3.05, 3.63) is 59.4 Å². The van der Waals surface area contributed by atoms with Gasteiger partial charge in [0.2, 0.25) is 5.89 Å². The molecule has 1 aliphatic heterocycles. The molecule has 178 valence electrons. The van der Waals surface area contributed by atoms with Crippen LogP contribution in [0.3, 0.4) is 0 Å². The molecule has 34 heavy (non-hydrogen) atoms. The average molecular weight is 471 g/mol. The molecule has 0 spiro atoms. The maximum Gasteiger partial charge on any atom is 0.417 e. The fourth-order valence-electron chi connectivity index (χ4n) is 4.54. The van der Waals surface area contributed by atoms with E-state index in [-0.39, 0.29) is 11.9 Å². The molecule has 3 aromatic rings. The number of halogens is 3. The fourth-order valence-corrected chi connectivity index (χ4v) is 4.54. The van der Waals surface area contributed by atoms with Crippen LogP contribution >= 0.6 is 0 Å². The summed E-state index contributed by atoms with van der Waals surface area (Å²) in [5.74, 6) is 2.16. The number of amides is 1. The van der Waals surface area contributed by atoms with Gasteiger partial charge in [-0.2, -0.15) is 13.2 Å². The predicted molar refractivity (Wildman–Crippen MR) is 118 cm³/mol. The van der Waals surface area contributed by atoms with Crippen LogP contribution in [0.2, 0.25) is 0 Å². The van der Waals surface area contributed by atoms with Gasteiger partial charge in [-0.3, -0.25) is 4.79 Å². The lowest BCUT2D eigenvalue weighted by atomic mass is 10.0. The monoisotopic (exact) mass is 471 g/mol. The zero-order valence-electron chi connectivity index (χ0n) is 18.8. The van der Waals surface area contributed by atoms with E-state index in [2.05, 4.69) is 20.3 Å². The number of pyridine rings is 2. The van der Waals surface area contributed by atoms with Crippen molar-refractivity contribution in [3.8, 4) is 11.5 Å². The second-order valence-corrected chi connectivity index (χ2v) is 9.04. The SMILES string of the molecule is Cc1ccc(-c2ncc(C)o2)c(C(=O)N2C[C@@H]3C[C@@H]3C[C@H]2CNc2ccc(C(F)(F)F)cn2)n1. The fraction of sp³-hybridized carbons (Fsp3) is 0.417. The van der Waals surface area contributed by atoms with E-state index in [0.717, 1.165) is 25.1 Å². The molecule has 1 aliphatic carbocycles. The molecule has 1 saturated carbocycles. The van der Waals surface area contributed by atoms with Crippen molar-refractivity contribution in [1.82, 2.24) is 19.9 Å². The molecule has 3 aromatic heterocycles. The largest absolute Gasteiger partial charge is 0.441 e. The Balaban J connectivity index is 1.37. The molecular formula is C24H24F3N5O2. The quantitative estimate of drug-likeness (QED) is 0.579. The second-order valence-electron chi connectivity index (χ2n) is 9.04. The summed E-state index contributed by atoms with van der Waals surface area (Å²) in [7, 11) is 0. The first kappa shape index (κ1) is 22.4. The van der Waals surface area contributed by atoms with Crippen molar-refractivity contribution in [2.24, 2.45) is 11.8 Å². The maximum atomic E-state index is 13.7. The Morgan fingerprint density at radius 2 is 1.94 bits per heavy atom. The van der Waals surface area contributed by atoms with E-state index in [9.17, 15) is 18.0 Å². The molecular weight excluding hydrogens is 447 g/mol. The molecule has 5 rings (SSSR count). The van der Waals surface area contributed by atoms with Gasteiger partial charge < -0.3 is 14.6 Å². The molecule has 1 N–H and O–H groups in total. The van der Waals surface area contributed by atoms with Gasteiger partial charge in [0.1, 0.15) is 17.3 Å². The zero-order chi connectivity index (χ0) is 24.0. The van der Waals surface area contributed by atoms with E-state index >= 15 is 0 Å². The average Bonchev–Trinajstić information content (AvgIpc) is 3.44. The number of hydrogen-bond donors (Lipinski definition) is 1. The van der Waals surface area contributed by atoms with Crippen LogP contribution in [-0.4, -0.2) is 44.9 Å². The zero-order valence-corrected chi connectivity index (χ0v) is 18.8. The number of piperidine rings is 1. The topological polar surface area (TPSA) is 84.2 Å². The van der Waals surface area contributed by atoms with Gasteiger partial charge in [0.15, 0.2) is 0 Å². The van der Waals surface area contributed by atoms with Crippen LogP contribution in [0, 0.1) is 25.7 Å². The minimum Gasteiger partial charge on any atom is -0.441 e. The highest BCUT2D eigenvalue weighted by Crippen LogP contribution is 2.47. The van der Waals surface area contributed by atoms with Crippen LogP contribution in [0.5, 0.6) is 0 Å². The minimum absolute atomic E-state index is 0.137. The number of likely N-dealkylation sites (tertiary alicyclic amines) is 1. The van der Waals surface area contributed by atoms with E-state index in [1.807, 2.05) is 17.9 Å². The first-order valence-electron chi connectivity index (χ1n) is 11.2. The highest BCUT2D eigenvalue weighted by atomic mass is 19.4. The third kappa shape index (κ3) is 4.49. The first-order valence-corrected chi connectivity index (χ1v) is 11.2. The smallest absolute Gasteiger partial charge is 0.417 e. The molecule has 2 aliphatic rings. The Bertz CT molecular complexity index is 1210. The summed E-state index contributed by atoms with van der Waals surface area (Å²) in [4.78, 5) is 28.2. The molecule has 10 heteroatoms. The van der Waals surface area contributed by atoms with Gasteiger partial charge in [0.25, 0.3) is 5.91 Å². The number of rotatable bonds is 5. The van der Waals surface area contributed by atoms with Crippen LogP contribution in [0.4, 0.5) is 19.0 Å². The summed E-state index contributed by atoms with van der Waals surface area (Å²) >= 11 is 0. The number of anilines is 1. The maximum absolute atomic E-state index is 13.7. The van der Waals surface area contributed by atoms with Crippen LogP contribution in [0.1, 0.15) is 40.3 Å². The van der Waals surface area contributed by atoms with E-state index in [1.54, 1.807) is 19.2 Å². The van der Waals surface area contributed by atoms with E-state index in [1.165, 1.54) is 6.07 Å². The number of fused-ring (bicyclic) bond motifs is 1. The molecule has 7 nitrogen and oxygen atoms in total. The highest BCUT2D eigenvalue weighted by molar-refractivity contribution is 5.98. The van der Waals surface area contributed by atoms with Crippen molar-refractivity contribution in [2.45, 2.75) is 38.9 Å². The molecule has 0 bridgehead atoms. The van der Waals surface area contributed by atoms with Crippen LogP contribution in [0.25, 0.3) is 11.5 Å². The van der Waals surface area contributed by atoms with E-state index < -0.39 is 11.7 Å². The van der Waals surface area contributed by atoms with Gasteiger partial charge in [0.05, 0.1) is 17.3 Å². The first-order chi connectivity index (χ1) is 16.2. The summed E-state index contributed by atoms with van der Waals surface area (Å²) in [6.45, 7) is 4.61. The summed E-state index contributed by atoms with van der Waals surface area (Å²) < 4.78 is 44.1. The molecule has 2 fully saturated rings. The summed E-state index contributed by atoms with van der Waals surface area (Å²) in [6, 6.07) is 5.78. The van der Waals surface area contributed by atoms with Crippen LogP contribution < -0.4 is 5.32 Å². The number of aromatic nitrogens is 3. The Morgan fingerprint density at radius 1 is 1.12 bits per heavy atom. The molecule has 4 heterocycles. The number of nitrogens with one attached hydrogen (secondary N) is 1. The van der Waals surface area contributed by atoms with Crippen LogP contribution in [0.15, 0.2) is 41.1 Å². The third-order valence-electron chi connectivity index (χ3n) is 6.48. The Kier molecular flexibility index (Phi) is 5.53. The molecule has 1 saturated heterocycles. The number of nitrogens with zero attached hydrogens (tertiary/aromatic N) is 4. The lowest BCUT2D eigenvalue weighted by molar-refractivity contribution is -0.137. The third-order valence-corrected chi connectivity index (χ3v) is 6.48. The standard InChI is InChI=1S/C24H24F3N5O2/c1-13-3-5-19(22-30-9-14(2)34-22)21(31-13)23(33)32-12-16-7-15(16)8-18(32)11-29-20-6-4-17(10-28-20)24(25,26)27/h3-6,9-10,15-16,18H,7-8,11-12H2,1-2H3,(H,28,29)/t15-,16+,18+/m1/s1. The summed E-state index contributed by atoms with van der Waals surface area (Å²) in [6.07, 6.45) is -0.124. The van der Waals surface area contributed by atoms with Crippen molar-refractivity contribution in [2.75, 3.05) is 18.4 Å². The van der Waals surface area contributed by atoms with Gasteiger partial charge in [-0.15, -0.1) is 0 Å². The van der Waals surface area contributed by atoms with Crippen molar-refractivity contribution < 1.29 is 22.4 Å². The van der Waals surface area contributed by atoms with E-state index in [0.29, 0.717) is 59.3 Å². The minimum atomic E-state index is -4.43. The Hall–Kier alpha value is -3.43. The van der Waals surface area contributed by atoms with E-state index in [4.69, 9.17) is 4.42 Å². The second kappa shape index (κ2) is 8.41. The van der Waals surface area contributed by atoms with Crippen LogP contribution in [-0.2, 0) is 6.18 Å². The molecule has 0 radical (unpaired) electrons. The lowest BCUT2D eigenvalue weighted by Gasteiger charge is -2.35. The number of alkyl halides is 3. The predicted octanol–water partition coefficient (Wildman–Crippen LogP) is 4.73. The van der Waals surface area contributed by atoms with Gasteiger partial charge in [-0.1, -0.05) is 0 Å². The molecule has 3 atom stereocenters. The van der Waals surface area contributed by atoms with Gasteiger partial charge in [-0.05, 0) is 62.8 Å². The number of oxazole rings is 1. The number of hydrogen-bond acceptors (Lipinski definition) is 6. The number of carbonyl (C=O) groups is 1. The lowest BCUT2D eigenvalue weighted by Crippen LogP contribution is -2.48.